The number of anilines is 1. The van der Waals surface area contributed by atoms with Gasteiger partial charge in [-0.05, 0) is 12.8 Å². The molecule has 2 N–H and O–H groups in total. The first-order valence-electron chi connectivity index (χ1n) is 6.89. The number of hydrogen-bond donors (Lipinski definition) is 1. The molecule has 0 bridgehead atoms. The van der Waals surface area contributed by atoms with Crippen LogP contribution in [0.1, 0.15) is 58.0 Å². The monoisotopic (exact) mass is 269 g/mol. The van der Waals surface area contributed by atoms with E-state index in [-0.39, 0.29) is 5.41 Å². The third kappa shape index (κ3) is 3.69. The molecule has 0 aliphatic rings. The minimum Gasteiger partial charge on any atom is -0.348 e. The van der Waals surface area contributed by atoms with Crippen molar-refractivity contribution in [2.45, 2.75) is 59.4 Å². The summed E-state index contributed by atoms with van der Waals surface area (Å²) in [6.07, 6.45) is 2.31. The lowest BCUT2D eigenvalue weighted by atomic mass is 9.91. The number of nitrogens with zero attached hydrogens (tertiary/aromatic N) is 2. The van der Waals surface area contributed by atoms with Crippen LogP contribution in [0, 0.1) is 0 Å². The van der Waals surface area contributed by atoms with Crippen molar-refractivity contribution in [1.29, 1.82) is 0 Å². The van der Waals surface area contributed by atoms with Gasteiger partial charge in [0.25, 0.3) is 0 Å². The number of aromatic nitrogens is 1. The fourth-order valence-electron chi connectivity index (χ4n) is 2.04. The second kappa shape index (κ2) is 6.53. The van der Waals surface area contributed by atoms with E-state index in [0.29, 0.717) is 6.54 Å². The van der Waals surface area contributed by atoms with Crippen molar-refractivity contribution in [2.24, 2.45) is 5.73 Å². The standard InChI is InChI=1S/C14H27N3S/c1-6-8-17(9-7-2)13-16-12(14(3,4)5)11(10-15)18-13/h6-10,15H2,1-5H3. The molecule has 0 spiro atoms. The molecule has 0 aromatic carbocycles. The van der Waals surface area contributed by atoms with Crippen molar-refractivity contribution >= 4 is 16.5 Å². The van der Waals surface area contributed by atoms with Gasteiger partial charge in [0.1, 0.15) is 0 Å². The first-order chi connectivity index (χ1) is 8.43. The van der Waals surface area contributed by atoms with Gasteiger partial charge in [0.15, 0.2) is 5.13 Å². The lowest BCUT2D eigenvalue weighted by molar-refractivity contribution is 0.565. The molecule has 1 aromatic heterocycles. The van der Waals surface area contributed by atoms with Crippen LogP contribution in [0.15, 0.2) is 0 Å². The van der Waals surface area contributed by atoms with Crippen LogP contribution < -0.4 is 10.6 Å². The molecular formula is C14H27N3S. The van der Waals surface area contributed by atoms with Gasteiger partial charge in [0, 0.05) is 29.9 Å². The highest BCUT2D eigenvalue weighted by Crippen LogP contribution is 2.33. The van der Waals surface area contributed by atoms with Crippen molar-refractivity contribution in [3.8, 4) is 0 Å². The summed E-state index contributed by atoms with van der Waals surface area (Å²) in [5.74, 6) is 0. The zero-order chi connectivity index (χ0) is 13.8. The van der Waals surface area contributed by atoms with Crippen molar-refractivity contribution < 1.29 is 0 Å². The van der Waals surface area contributed by atoms with E-state index in [0.717, 1.165) is 31.1 Å². The van der Waals surface area contributed by atoms with Crippen molar-refractivity contribution in [3.05, 3.63) is 10.6 Å². The van der Waals surface area contributed by atoms with E-state index in [1.807, 2.05) is 0 Å². The molecule has 104 valence electrons. The normalized spacial score (nSPS) is 11.9. The van der Waals surface area contributed by atoms with Crippen LogP contribution in [-0.2, 0) is 12.0 Å². The van der Waals surface area contributed by atoms with E-state index < -0.39 is 0 Å². The molecule has 0 unspecified atom stereocenters. The SMILES string of the molecule is CCCN(CCC)c1nc(C(C)(C)C)c(CN)s1. The second-order valence-corrected chi connectivity index (χ2v) is 6.77. The van der Waals surface area contributed by atoms with E-state index in [1.54, 1.807) is 11.3 Å². The Hall–Kier alpha value is -0.610. The third-order valence-corrected chi connectivity index (χ3v) is 3.98. The molecule has 0 fully saturated rings. The summed E-state index contributed by atoms with van der Waals surface area (Å²) in [6.45, 7) is 13.8. The first-order valence-corrected chi connectivity index (χ1v) is 7.70. The topological polar surface area (TPSA) is 42.2 Å². The average Bonchev–Trinajstić information content (AvgIpc) is 2.72. The molecule has 1 heterocycles. The second-order valence-electron chi connectivity index (χ2n) is 5.71. The first kappa shape index (κ1) is 15.4. The Labute approximate surface area is 115 Å². The molecule has 4 heteroatoms. The van der Waals surface area contributed by atoms with Crippen LogP contribution in [0.2, 0.25) is 0 Å². The summed E-state index contributed by atoms with van der Waals surface area (Å²) >= 11 is 1.76. The van der Waals surface area contributed by atoms with Crippen LogP contribution >= 0.6 is 11.3 Å². The third-order valence-electron chi connectivity index (χ3n) is 2.84. The molecule has 0 aliphatic heterocycles. The van der Waals surface area contributed by atoms with Crippen LogP contribution in [-0.4, -0.2) is 18.1 Å². The Kier molecular flexibility index (Phi) is 5.60. The van der Waals surface area contributed by atoms with Crippen molar-refractivity contribution in [3.63, 3.8) is 0 Å². The Morgan fingerprint density at radius 2 is 1.72 bits per heavy atom. The number of rotatable bonds is 6. The minimum absolute atomic E-state index is 0.0769. The molecule has 0 saturated heterocycles. The molecule has 18 heavy (non-hydrogen) atoms. The van der Waals surface area contributed by atoms with Crippen molar-refractivity contribution in [1.82, 2.24) is 4.98 Å². The van der Waals surface area contributed by atoms with E-state index >= 15 is 0 Å². The Morgan fingerprint density at radius 3 is 2.06 bits per heavy atom. The summed E-state index contributed by atoms with van der Waals surface area (Å²) in [4.78, 5) is 8.47. The van der Waals surface area contributed by atoms with E-state index in [9.17, 15) is 0 Å². The Bertz CT molecular complexity index is 360. The maximum absolute atomic E-state index is 5.86. The van der Waals surface area contributed by atoms with Crippen LogP contribution in [0.4, 0.5) is 5.13 Å². The Morgan fingerprint density at radius 1 is 1.17 bits per heavy atom. The molecule has 0 amide bonds. The highest BCUT2D eigenvalue weighted by atomic mass is 32.1. The van der Waals surface area contributed by atoms with Gasteiger partial charge in [0.05, 0.1) is 5.69 Å². The largest absolute Gasteiger partial charge is 0.348 e. The van der Waals surface area contributed by atoms with Crippen molar-refractivity contribution in [2.75, 3.05) is 18.0 Å². The lowest BCUT2D eigenvalue weighted by Crippen LogP contribution is -2.25. The molecule has 3 nitrogen and oxygen atoms in total. The van der Waals surface area contributed by atoms with Gasteiger partial charge in [-0.2, -0.15) is 0 Å². The minimum atomic E-state index is 0.0769. The zero-order valence-corrected chi connectivity index (χ0v) is 13.2. The van der Waals surface area contributed by atoms with E-state index in [2.05, 4.69) is 39.5 Å². The molecule has 0 aliphatic carbocycles. The quantitative estimate of drug-likeness (QED) is 0.859. The van der Waals surface area contributed by atoms with Crippen LogP contribution in [0.25, 0.3) is 0 Å². The highest BCUT2D eigenvalue weighted by Gasteiger charge is 2.24. The number of hydrogen-bond acceptors (Lipinski definition) is 4. The van der Waals surface area contributed by atoms with Gasteiger partial charge in [-0.3, -0.25) is 0 Å². The summed E-state index contributed by atoms with van der Waals surface area (Å²) in [6, 6.07) is 0. The number of nitrogens with two attached hydrogens (primary N) is 1. The maximum atomic E-state index is 5.86. The highest BCUT2D eigenvalue weighted by molar-refractivity contribution is 7.15. The van der Waals surface area contributed by atoms with Gasteiger partial charge in [-0.1, -0.05) is 34.6 Å². The van der Waals surface area contributed by atoms with Crippen LogP contribution in [0.5, 0.6) is 0 Å². The van der Waals surface area contributed by atoms with Crippen LogP contribution in [0.3, 0.4) is 0 Å². The molecular weight excluding hydrogens is 242 g/mol. The lowest BCUT2D eigenvalue weighted by Gasteiger charge is -2.21. The van der Waals surface area contributed by atoms with E-state index in [1.165, 1.54) is 10.6 Å². The predicted molar refractivity (Wildman–Crippen MR) is 81.5 cm³/mol. The maximum Gasteiger partial charge on any atom is 0.185 e. The summed E-state index contributed by atoms with van der Waals surface area (Å²) in [5, 5.41) is 1.14. The molecule has 1 rings (SSSR count). The van der Waals surface area contributed by atoms with Gasteiger partial charge in [0.2, 0.25) is 0 Å². The smallest absolute Gasteiger partial charge is 0.185 e. The summed E-state index contributed by atoms with van der Waals surface area (Å²) in [7, 11) is 0. The fourth-order valence-corrected chi connectivity index (χ4v) is 3.24. The summed E-state index contributed by atoms with van der Waals surface area (Å²) in [5.41, 5.74) is 7.11. The Balaban J connectivity index is 3.05. The molecule has 0 atom stereocenters. The van der Waals surface area contributed by atoms with Gasteiger partial charge in [-0.15, -0.1) is 11.3 Å². The average molecular weight is 269 g/mol. The molecule has 0 saturated carbocycles. The van der Waals surface area contributed by atoms with E-state index in [4.69, 9.17) is 10.7 Å². The molecule has 0 radical (unpaired) electrons. The molecule has 1 aromatic rings. The van der Waals surface area contributed by atoms with Gasteiger partial charge < -0.3 is 10.6 Å². The predicted octanol–water partition coefficient (Wildman–Crippen LogP) is 3.53. The number of thiazole rings is 1. The zero-order valence-electron chi connectivity index (χ0n) is 12.4. The summed E-state index contributed by atoms with van der Waals surface area (Å²) < 4.78 is 0. The van der Waals surface area contributed by atoms with Gasteiger partial charge >= 0.3 is 0 Å². The van der Waals surface area contributed by atoms with Gasteiger partial charge in [-0.25, -0.2) is 4.98 Å². The fraction of sp³-hybridized carbons (Fsp3) is 0.786.